The molecule has 1 aliphatic heterocycles. The highest BCUT2D eigenvalue weighted by Crippen LogP contribution is 2.16. The van der Waals surface area contributed by atoms with Crippen LogP contribution in [0.2, 0.25) is 0 Å². The van der Waals surface area contributed by atoms with Gasteiger partial charge >= 0.3 is 0 Å². The van der Waals surface area contributed by atoms with Crippen molar-refractivity contribution in [2.24, 2.45) is 5.73 Å². The van der Waals surface area contributed by atoms with E-state index in [1.165, 1.54) is 0 Å². The van der Waals surface area contributed by atoms with Gasteiger partial charge in [0.25, 0.3) is 5.91 Å². The number of carbonyl (C=O) groups excluding carboxylic acids is 1. The Morgan fingerprint density at radius 3 is 2.89 bits per heavy atom. The molecular formula is C15H22N2O2. The van der Waals surface area contributed by atoms with E-state index >= 15 is 0 Å². The first kappa shape index (κ1) is 14.0. The van der Waals surface area contributed by atoms with Crippen LogP contribution >= 0.6 is 0 Å². The van der Waals surface area contributed by atoms with Crippen LogP contribution in [0.4, 0.5) is 0 Å². The Labute approximate surface area is 114 Å². The van der Waals surface area contributed by atoms with E-state index in [1.54, 1.807) is 4.90 Å². The van der Waals surface area contributed by atoms with Crippen molar-refractivity contribution in [1.82, 2.24) is 4.90 Å². The second kappa shape index (κ2) is 6.68. The van der Waals surface area contributed by atoms with Gasteiger partial charge in [-0.05, 0) is 30.4 Å². The average molecular weight is 262 g/mol. The summed E-state index contributed by atoms with van der Waals surface area (Å²) in [5, 5.41) is 0. The van der Waals surface area contributed by atoms with Gasteiger partial charge in [-0.15, -0.1) is 0 Å². The molecule has 2 N–H and O–H groups in total. The molecular weight excluding hydrogens is 240 g/mol. The van der Waals surface area contributed by atoms with Crippen LogP contribution in [-0.4, -0.2) is 30.6 Å². The van der Waals surface area contributed by atoms with E-state index in [4.69, 9.17) is 10.5 Å². The Morgan fingerprint density at radius 1 is 1.42 bits per heavy atom. The van der Waals surface area contributed by atoms with E-state index in [2.05, 4.69) is 0 Å². The number of nitrogens with two attached hydrogens (primary N) is 1. The van der Waals surface area contributed by atoms with Crippen molar-refractivity contribution >= 4 is 5.91 Å². The molecule has 1 unspecified atom stereocenters. The summed E-state index contributed by atoms with van der Waals surface area (Å²) in [7, 11) is 1.83. The van der Waals surface area contributed by atoms with Crippen LogP contribution in [0.1, 0.15) is 30.4 Å². The summed E-state index contributed by atoms with van der Waals surface area (Å²) >= 11 is 0. The maximum atomic E-state index is 12.2. The second-order valence-corrected chi connectivity index (χ2v) is 5.07. The molecule has 1 aliphatic rings. The number of amides is 1. The van der Waals surface area contributed by atoms with Crippen molar-refractivity contribution in [1.29, 1.82) is 0 Å². The molecule has 0 bridgehead atoms. The maximum Gasteiger partial charge on any atom is 0.251 e. The fourth-order valence-corrected chi connectivity index (χ4v) is 2.39. The topological polar surface area (TPSA) is 55.6 Å². The van der Waals surface area contributed by atoms with Gasteiger partial charge in [0.15, 0.2) is 0 Å². The first-order valence-electron chi connectivity index (χ1n) is 6.85. The molecule has 1 saturated heterocycles. The summed E-state index contributed by atoms with van der Waals surface area (Å²) in [6, 6.07) is 8.04. The van der Waals surface area contributed by atoms with Gasteiger partial charge in [0.2, 0.25) is 0 Å². The van der Waals surface area contributed by atoms with Crippen LogP contribution in [0.25, 0.3) is 0 Å². The van der Waals surface area contributed by atoms with Gasteiger partial charge in [-0.3, -0.25) is 4.79 Å². The predicted octanol–water partition coefficient (Wildman–Crippen LogP) is 1.67. The molecule has 0 aliphatic carbocycles. The summed E-state index contributed by atoms with van der Waals surface area (Å²) in [4.78, 5) is 14.0. The Hall–Kier alpha value is -1.39. The molecule has 2 rings (SSSR count). The molecule has 1 heterocycles. The number of likely N-dealkylation sites (N-methyl/N-ethyl adjacent to an activating group) is 1. The molecule has 1 aromatic rings. The van der Waals surface area contributed by atoms with Crippen molar-refractivity contribution in [3.05, 3.63) is 35.4 Å². The largest absolute Gasteiger partial charge is 0.368 e. The minimum absolute atomic E-state index is 0.0813. The van der Waals surface area contributed by atoms with Crippen LogP contribution in [0.15, 0.2) is 24.3 Å². The smallest absolute Gasteiger partial charge is 0.251 e. The summed E-state index contributed by atoms with van der Waals surface area (Å²) in [5.74, 6) is 0.0813. The SMILES string of the molecule is CN(Cc1cccc(CN)c1)C(=O)C1CCCCO1. The summed E-state index contributed by atoms with van der Waals surface area (Å²) in [5.41, 5.74) is 7.82. The molecule has 4 heteroatoms. The molecule has 1 atom stereocenters. The lowest BCUT2D eigenvalue weighted by molar-refractivity contribution is -0.145. The first-order chi connectivity index (χ1) is 9.20. The number of hydrogen-bond acceptors (Lipinski definition) is 3. The molecule has 19 heavy (non-hydrogen) atoms. The minimum Gasteiger partial charge on any atom is -0.368 e. The van der Waals surface area contributed by atoms with E-state index in [0.717, 1.165) is 30.4 Å². The zero-order valence-electron chi connectivity index (χ0n) is 11.5. The quantitative estimate of drug-likeness (QED) is 0.898. The van der Waals surface area contributed by atoms with E-state index in [1.807, 2.05) is 31.3 Å². The Kier molecular flexibility index (Phi) is 4.93. The van der Waals surface area contributed by atoms with Crippen LogP contribution in [-0.2, 0) is 22.6 Å². The lowest BCUT2D eigenvalue weighted by Crippen LogP contribution is -2.39. The number of nitrogens with zero attached hydrogens (tertiary/aromatic N) is 1. The van der Waals surface area contributed by atoms with Crippen LogP contribution in [0.5, 0.6) is 0 Å². The molecule has 1 aromatic carbocycles. The monoisotopic (exact) mass is 262 g/mol. The van der Waals surface area contributed by atoms with Gasteiger partial charge in [0, 0.05) is 26.7 Å². The van der Waals surface area contributed by atoms with Gasteiger partial charge < -0.3 is 15.4 Å². The molecule has 0 aromatic heterocycles. The molecule has 104 valence electrons. The maximum absolute atomic E-state index is 12.2. The van der Waals surface area contributed by atoms with Gasteiger partial charge in [-0.2, -0.15) is 0 Å². The third-order valence-electron chi connectivity index (χ3n) is 3.48. The fourth-order valence-electron chi connectivity index (χ4n) is 2.39. The Morgan fingerprint density at radius 2 is 2.21 bits per heavy atom. The third kappa shape index (κ3) is 3.78. The zero-order valence-corrected chi connectivity index (χ0v) is 11.5. The summed E-state index contributed by atoms with van der Waals surface area (Å²) < 4.78 is 5.53. The van der Waals surface area contributed by atoms with Gasteiger partial charge in [0.05, 0.1) is 0 Å². The van der Waals surface area contributed by atoms with Gasteiger partial charge in [0.1, 0.15) is 6.10 Å². The van der Waals surface area contributed by atoms with Crippen molar-refractivity contribution in [3.63, 3.8) is 0 Å². The zero-order chi connectivity index (χ0) is 13.7. The van der Waals surface area contributed by atoms with Crippen molar-refractivity contribution in [2.75, 3.05) is 13.7 Å². The predicted molar refractivity (Wildman–Crippen MR) is 74.4 cm³/mol. The van der Waals surface area contributed by atoms with Crippen molar-refractivity contribution in [3.8, 4) is 0 Å². The van der Waals surface area contributed by atoms with Crippen LogP contribution < -0.4 is 5.73 Å². The van der Waals surface area contributed by atoms with Crippen molar-refractivity contribution < 1.29 is 9.53 Å². The molecule has 4 nitrogen and oxygen atoms in total. The normalized spacial score (nSPS) is 19.2. The van der Waals surface area contributed by atoms with E-state index in [0.29, 0.717) is 19.7 Å². The first-order valence-corrected chi connectivity index (χ1v) is 6.85. The summed E-state index contributed by atoms with van der Waals surface area (Å²) in [6.45, 7) is 1.83. The highest BCUT2D eigenvalue weighted by atomic mass is 16.5. The second-order valence-electron chi connectivity index (χ2n) is 5.07. The highest BCUT2D eigenvalue weighted by molar-refractivity contribution is 5.80. The van der Waals surface area contributed by atoms with Crippen LogP contribution in [0.3, 0.4) is 0 Å². The number of ether oxygens (including phenoxy) is 1. The van der Waals surface area contributed by atoms with E-state index < -0.39 is 0 Å². The number of benzene rings is 1. The number of rotatable bonds is 4. The molecule has 0 saturated carbocycles. The van der Waals surface area contributed by atoms with E-state index in [9.17, 15) is 4.79 Å². The van der Waals surface area contributed by atoms with Crippen LogP contribution in [0, 0.1) is 0 Å². The standard InChI is InChI=1S/C15H22N2O2/c1-17(15(18)14-7-2-3-8-19-14)11-13-6-4-5-12(9-13)10-16/h4-6,9,14H,2-3,7-8,10-11,16H2,1H3. The lowest BCUT2D eigenvalue weighted by Gasteiger charge is -2.26. The third-order valence-corrected chi connectivity index (χ3v) is 3.48. The number of hydrogen-bond donors (Lipinski definition) is 1. The average Bonchev–Trinajstić information content (AvgIpc) is 2.47. The lowest BCUT2D eigenvalue weighted by atomic mass is 10.1. The Balaban J connectivity index is 1.95. The Bertz CT molecular complexity index is 428. The molecule has 0 spiro atoms. The minimum atomic E-state index is -0.253. The fraction of sp³-hybridized carbons (Fsp3) is 0.533. The van der Waals surface area contributed by atoms with Gasteiger partial charge in [-0.1, -0.05) is 24.3 Å². The molecule has 1 amide bonds. The highest BCUT2D eigenvalue weighted by Gasteiger charge is 2.24. The van der Waals surface area contributed by atoms with Crippen molar-refractivity contribution in [2.45, 2.75) is 38.5 Å². The molecule has 0 radical (unpaired) electrons. The van der Waals surface area contributed by atoms with E-state index in [-0.39, 0.29) is 12.0 Å². The molecule has 1 fully saturated rings. The number of carbonyl (C=O) groups is 1. The summed E-state index contributed by atoms with van der Waals surface area (Å²) in [6.07, 6.45) is 2.72. The van der Waals surface area contributed by atoms with Gasteiger partial charge in [-0.25, -0.2) is 0 Å².